The lowest BCUT2D eigenvalue weighted by molar-refractivity contribution is 0.185. The van der Waals surface area contributed by atoms with Gasteiger partial charge in [0.1, 0.15) is 22.8 Å². The van der Waals surface area contributed by atoms with E-state index < -0.39 is 28.9 Å². The molecule has 180 valence electrons. The van der Waals surface area contributed by atoms with Gasteiger partial charge in [-0.2, -0.15) is 4.98 Å². The molecule has 0 spiro atoms. The van der Waals surface area contributed by atoms with Crippen LogP contribution in [0.1, 0.15) is 45.6 Å². The van der Waals surface area contributed by atoms with Gasteiger partial charge in [-0.05, 0) is 51.7 Å². The lowest BCUT2D eigenvalue weighted by atomic mass is 9.91. The molecule has 0 aliphatic heterocycles. The molecule has 1 aromatic carbocycles. The van der Waals surface area contributed by atoms with E-state index in [0.29, 0.717) is 12.8 Å². The Morgan fingerprint density at radius 2 is 1.76 bits per heavy atom. The summed E-state index contributed by atoms with van der Waals surface area (Å²) in [5.74, 6) is -1.68. The maximum Gasteiger partial charge on any atom is 0.404 e. The van der Waals surface area contributed by atoms with Crippen LogP contribution in [-0.4, -0.2) is 42.8 Å². The minimum Gasteiger partial charge on any atom is -0.465 e. The molecule has 34 heavy (non-hydrogen) atoms. The minimum atomic E-state index is -1.04. The molecule has 3 aromatic rings. The number of aromatic nitrogens is 4. The van der Waals surface area contributed by atoms with Crippen molar-refractivity contribution in [3.05, 3.63) is 40.3 Å². The zero-order chi connectivity index (χ0) is 24.6. The van der Waals surface area contributed by atoms with Crippen molar-refractivity contribution in [3.8, 4) is 11.3 Å². The van der Waals surface area contributed by atoms with E-state index in [-0.39, 0.29) is 46.6 Å². The van der Waals surface area contributed by atoms with Crippen molar-refractivity contribution < 1.29 is 18.7 Å². The Balaban J connectivity index is 1.69. The molecule has 1 fully saturated rings. The summed E-state index contributed by atoms with van der Waals surface area (Å²) >= 11 is 0. The fraction of sp³-hybridized carbons (Fsp3) is 0.409. The number of halogens is 2. The number of nitrogens with zero attached hydrogens (tertiary/aromatic N) is 4. The summed E-state index contributed by atoms with van der Waals surface area (Å²) in [5, 5.41) is 14.6. The molecule has 0 radical (unpaired) electrons. The molecule has 2 heterocycles. The molecule has 0 bridgehead atoms. The molecular weight excluding hydrogens is 448 g/mol. The predicted octanol–water partition coefficient (Wildman–Crippen LogP) is 3.29. The summed E-state index contributed by atoms with van der Waals surface area (Å²) in [7, 11) is 0. The van der Waals surface area contributed by atoms with Crippen molar-refractivity contribution in [1.29, 1.82) is 0 Å². The minimum absolute atomic E-state index is 0.0359. The lowest BCUT2D eigenvalue weighted by Gasteiger charge is -2.29. The number of rotatable bonds is 5. The van der Waals surface area contributed by atoms with E-state index in [2.05, 4.69) is 25.6 Å². The number of anilines is 2. The number of hydrogen-bond acceptors (Lipinski definition) is 7. The number of carboxylic acid groups (broad SMARTS) is 1. The van der Waals surface area contributed by atoms with Crippen LogP contribution in [0.4, 0.5) is 25.2 Å². The summed E-state index contributed by atoms with van der Waals surface area (Å²) in [6, 6.07) is 1.45. The van der Waals surface area contributed by atoms with Crippen molar-refractivity contribution in [3.63, 3.8) is 0 Å². The number of nitrogen functional groups attached to an aromatic ring is 1. The lowest BCUT2D eigenvalue weighted by Crippen LogP contribution is -2.39. The van der Waals surface area contributed by atoms with Gasteiger partial charge in [0, 0.05) is 23.8 Å². The first-order valence-electron chi connectivity index (χ1n) is 10.9. The summed E-state index contributed by atoms with van der Waals surface area (Å²) in [6.45, 7) is 3.51. The van der Waals surface area contributed by atoms with Crippen LogP contribution >= 0.6 is 0 Å². The van der Waals surface area contributed by atoms with Gasteiger partial charge in [0.2, 0.25) is 5.95 Å². The topological polar surface area (TPSA) is 148 Å². The van der Waals surface area contributed by atoms with Crippen LogP contribution < -0.4 is 21.9 Å². The van der Waals surface area contributed by atoms with Crippen molar-refractivity contribution >= 4 is 28.9 Å². The van der Waals surface area contributed by atoms with E-state index in [0.717, 1.165) is 25.0 Å². The molecule has 4 rings (SSSR count). The highest BCUT2D eigenvalue weighted by molar-refractivity contribution is 5.75. The maximum atomic E-state index is 14.5. The van der Waals surface area contributed by atoms with E-state index in [1.165, 1.54) is 10.8 Å². The number of nitrogens with one attached hydrogen (secondary N) is 2. The van der Waals surface area contributed by atoms with Gasteiger partial charge in [-0.1, -0.05) is 0 Å². The monoisotopic (exact) mass is 473 g/mol. The van der Waals surface area contributed by atoms with Crippen LogP contribution in [0.2, 0.25) is 0 Å². The van der Waals surface area contributed by atoms with Crippen LogP contribution in [0.25, 0.3) is 22.4 Å². The van der Waals surface area contributed by atoms with E-state index in [1.807, 2.05) is 0 Å². The first-order chi connectivity index (χ1) is 16.1. The van der Waals surface area contributed by atoms with Gasteiger partial charge in [0.25, 0.3) is 5.56 Å². The Kier molecular flexibility index (Phi) is 6.31. The zero-order valence-corrected chi connectivity index (χ0v) is 18.7. The quantitative estimate of drug-likeness (QED) is 0.413. The van der Waals surface area contributed by atoms with E-state index in [9.17, 15) is 18.4 Å². The molecule has 1 saturated carbocycles. The van der Waals surface area contributed by atoms with Crippen LogP contribution in [0.5, 0.6) is 0 Å². The Hall–Kier alpha value is -3.83. The fourth-order valence-corrected chi connectivity index (χ4v) is 4.27. The van der Waals surface area contributed by atoms with Gasteiger partial charge in [-0.25, -0.2) is 23.5 Å². The molecule has 1 amide bonds. The number of benzene rings is 1. The second kappa shape index (κ2) is 9.20. The highest BCUT2D eigenvalue weighted by Gasteiger charge is 2.25. The number of nitrogens with two attached hydrogens (primary N) is 1. The third-order valence-corrected chi connectivity index (χ3v) is 5.84. The number of fused-ring (bicyclic) bond motifs is 1. The van der Waals surface area contributed by atoms with Crippen molar-refractivity contribution in [2.45, 2.75) is 57.7 Å². The summed E-state index contributed by atoms with van der Waals surface area (Å²) < 4.78 is 30.4. The van der Waals surface area contributed by atoms with Crippen LogP contribution in [-0.2, 0) is 0 Å². The molecule has 12 heteroatoms. The van der Waals surface area contributed by atoms with E-state index >= 15 is 0 Å². The van der Waals surface area contributed by atoms with Gasteiger partial charge >= 0.3 is 6.09 Å². The summed E-state index contributed by atoms with van der Waals surface area (Å²) in [4.78, 5) is 37.0. The molecule has 2 aromatic heterocycles. The Morgan fingerprint density at radius 3 is 2.35 bits per heavy atom. The Bertz CT molecular complexity index is 1280. The van der Waals surface area contributed by atoms with Gasteiger partial charge in [0.15, 0.2) is 5.65 Å². The predicted molar refractivity (Wildman–Crippen MR) is 123 cm³/mol. The van der Waals surface area contributed by atoms with Crippen LogP contribution in [0.3, 0.4) is 0 Å². The maximum absolute atomic E-state index is 14.5. The smallest absolute Gasteiger partial charge is 0.404 e. The second-order valence-corrected chi connectivity index (χ2v) is 8.63. The molecule has 5 N–H and O–H groups in total. The summed E-state index contributed by atoms with van der Waals surface area (Å²) in [5.41, 5.74) is 4.21. The molecule has 1 aliphatic carbocycles. The molecule has 0 unspecified atom stereocenters. The summed E-state index contributed by atoms with van der Waals surface area (Å²) in [6.07, 6.45) is 3.16. The SMILES string of the molecule is CC(C)n1c(=O)c(-c2c(F)cc(N)cc2F)nc2cnc(N[C@H]3CC[C@H](NC(=O)O)CC3)nc21. The van der Waals surface area contributed by atoms with Crippen molar-refractivity contribution in [1.82, 2.24) is 24.8 Å². The van der Waals surface area contributed by atoms with Gasteiger partial charge < -0.3 is 21.5 Å². The number of carbonyl (C=O) groups is 1. The highest BCUT2D eigenvalue weighted by atomic mass is 19.1. The van der Waals surface area contributed by atoms with Crippen molar-refractivity contribution in [2.24, 2.45) is 0 Å². The average Bonchev–Trinajstić information content (AvgIpc) is 2.74. The highest BCUT2D eigenvalue weighted by Crippen LogP contribution is 2.27. The second-order valence-electron chi connectivity index (χ2n) is 8.63. The molecule has 10 nitrogen and oxygen atoms in total. The van der Waals surface area contributed by atoms with Gasteiger partial charge in [0.05, 0.1) is 11.8 Å². The first kappa shape index (κ1) is 23.3. The molecule has 0 atom stereocenters. The average molecular weight is 473 g/mol. The number of hydrogen-bond donors (Lipinski definition) is 4. The fourth-order valence-electron chi connectivity index (χ4n) is 4.27. The van der Waals surface area contributed by atoms with Gasteiger partial charge in [-0.15, -0.1) is 0 Å². The Labute approximate surface area is 193 Å². The molecule has 0 saturated heterocycles. The van der Waals surface area contributed by atoms with E-state index in [1.54, 1.807) is 13.8 Å². The van der Waals surface area contributed by atoms with Crippen molar-refractivity contribution in [2.75, 3.05) is 11.1 Å². The van der Waals surface area contributed by atoms with Crippen LogP contribution in [0.15, 0.2) is 23.1 Å². The van der Waals surface area contributed by atoms with E-state index in [4.69, 9.17) is 10.8 Å². The first-order valence-corrected chi connectivity index (χ1v) is 10.9. The standard InChI is InChI=1S/C22H25F2N7O3/c1-10(2)31-19-16(29-18(20(31)32)17-14(23)7-11(25)8-15(17)24)9-26-21(30-19)27-12-3-5-13(6-4-12)28-22(33)34/h7-10,12-13,28H,3-6,25H2,1-2H3,(H,33,34)(H,26,27,30)/t12-,13-. The normalized spacial score (nSPS) is 18.3. The largest absolute Gasteiger partial charge is 0.465 e. The third-order valence-electron chi connectivity index (χ3n) is 5.84. The zero-order valence-electron chi connectivity index (χ0n) is 18.7. The Morgan fingerprint density at radius 1 is 1.15 bits per heavy atom. The third kappa shape index (κ3) is 4.61. The van der Waals surface area contributed by atoms with Crippen LogP contribution in [0, 0.1) is 11.6 Å². The number of amides is 1. The van der Waals surface area contributed by atoms with Gasteiger partial charge in [-0.3, -0.25) is 9.36 Å². The molecular formula is C22H25F2N7O3. The molecule has 1 aliphatic rings.